The van der Waals surface area contributed by atoms with Crippen LogP contribution in [-0.2, 0) is 0 Å². The van der Waals surface area contributed by atoms with E-state index in [0.29, 0.717) is 34.1 Å². The summed E-state index contributed by atoms with van der Waals surface area (Å²) in [5, 5.41) is 19.3. The smallest absolute Gasteiger partial charge is 0.163 e. The Morgan fingerprint density at radius 3 is 2.37 bits per heavy atom. The van der Waals surface area contributed by atoms with Gasteiger partial charge in [-0.25, -0.2) is 9.97 Å². The van der Waals surface area contributed by atoms with Crippen molar-refractivity contribution in [2.24, 2.45) is 0 Å². The van der Waals surface area contributed by atoms with Crippen LogP contribution in [0, 0.1) is 11.3 Å². The monoisotopic (exact) mass is 400 g/mol. The zero-order chi connectivity index (χ0) is 21.3. The maximum absolute atomic E-state index is 10.2. The number of aliphatic hydroxyl groups excluding tert-OH is 1. The van der Waals surface area contributed by atoms with Crippen molar-refractivity contribution in [3.8, 4) is 34.6 Å². The third kappa shape index (κ3) is 3.34. The van der Waals surface area contributed by atoms with E-state index >= 15 is 0 Å². The van der Waals surface area contributed by atoms with Gasteiger partial charge in [0.1, 0.15) is 12.1 Å². The Kier molecular flexibility index (Phi) is 5.09. The Morgan fingerprint density at radius 1 is 1.03 bits per heavy atom. The average Bonchev–Trinajstić information content (AvgIpc) is 3.20. The molecule has 0 unspecified atom stereocenters. The number of hydrogen-bond donors (Lipinski definition) is 1. The van der Waals surface area contributed by atoms with Gasteiger partial charge in [0.25, 0.3) is 0 Å². The van der Waals surface area contributed by atoms with Gasteiger partial charge < -0.3 is 14.6 Å². The van der Waals surface area contributed by atoms with Gasteiger partial charge in [0, 0.05) is 23.3 Å². The molecule has 7 nitrogen and oxygen atoms in total. The highest BCUT2D eigenvalue weighted by atomic mass is 16.5. The molecular formula is C23H20N4O3. The number of ether oxygens (including phenoxy) is 2. The Balaban J connectivity index is 1.89. The van der Waals surface area contributed by atoms with Crippen LogP contribution < -0.4 is 9.47 Å². The first-order valence-electron chi connectivity index (χ1n) is 9.34. The molecule has 0 spiro atoms. The van der Waals surface area contributed by atoms with Crippen LogP contribution in [0.5, 0.6) is 11.5 Å². The number of rotatable bonds is 5. The molecule has 4 aromatic rings. The minimum Gasteiger partial charge on any atom is -0.493 e. The summed E-state index contributed by atoms with van der Waals surface area (Å²) in [4.78, 5) is 9.28. The Hall–Kier alpha value is -3.89. The second-order valence-electron chi connectivity index (χ2n) is 6.78. The molecule has 150 valence electrons. The second kappa shape index (κ2) is 7.85. The van der Waals surface area contributed by atoms with E-state index in [0.717, 1.165) is 16.6 Å². The third-order valence-electron chi connectivity index (χ3n) is 4.95. The van der Waals surface area contributed by atoms with Crippen molar-refractivity contribution < 1.29 is 14.6 Å². The van der Waals surface area contributed by atoms with Crippen LogP contribution in [0.2, 0.25) is 0 Å². The fraction of sp³-hybridized carbons (Fsp3) is 0.174. The number of nitrogens with zero attached hydrogens (tertiary/aromatic N) is 4. The molecule has 2 aromatic heterocycles. The predicted molar refractivity (Wildman–Crippen MR) is 113 cm³/mol. The van der Waals surface area contributed by atoms with Crippen LogP contribution in [0.15, 0.2) is 54.9 Å². The van der Waals surface area contributed by atoms with Crippen molar-refractivity contribution in [2.75, 3.05) is 14.2 Å². The van der Waals surface area contributed by atoms with Gasteiger partial charge in [-0.15, -0.1) is 0 Å². The van der Waals surface area contributed by atoms with Gasteiger partial charge in [-0.1, -0.05) is 18.2 Å². The molecule has 0 saturated carbocycles. The number of methoxy groups -OCH3 is 2. The molecule has 0 fully saturated rings. The predicted octanol–water partition coefficient (Wildman–Crippen LogP) is 4.03. The van der Waals surface area contributed by atoms with E-state index in [-0.39, 0.29) is 0 Å². The van der Waals surface area contributed by atoms with Crippen LogP contribution >= 0.6 is 0 Å². The van der Waals surface area contributed by atoms with Crippen LogP contribution in [0.3, 0.4) is 0 Å². The van der Waals surface area contributed by atoms with Crippen LogP contribution in [0.25, 0.3) is 28.1 Å². The molecule has 0 bridgehead atoms. The van der Waals surface area contributed by atoms with E-state index in [9.17, 15) is 5.11 Å². The van der Waals surface area contributed by atoms with E-state index in [1.54, 1.807) is 39.6 Å². The SMILES string of the molecule is COc1cc2ncn(-c3ccc([C@H](C)O)c(-c4ccc(C#N)cc4)n3)c2cc1OC. The molecule has 2 heterocycles. The van der Waals surface area contributed by atoms with Gasteiger partial charge in [0.05, 0.1) is 48.7 Å². The van der Waals surface area contributed by atoms with Gasteiger partial charge in [-0.3, -0.25) is 4.57 Å². The Labute approximate surface area is 173 Å². The molecule has 0 radical (unpaired) electrons. The van der Waals surface area contributed by atoms with Gasteiger partial charge in [0.2, 0.25) is 0 Å². The first kappa shape index (κ1) is 19.4. The lowest BCUT2D eigenvalue weighted by atomic mass is 10.0. The second-order valence-corrected chi connectivity index (χ2v) is 6.78. The maximum atomic E-state index is 10.2. The minimum absolute atomic E-state index is 0.565. The lowest BCUT2D eigenvalue weighted by molar-refractivity contribution is 0.199. The first-order valence-corrected chi connectivity index (χ1v) is 9.34. The van der Waals surface area contributed by atoms with E-state index in [1.807, 2.05) is 41.0 Å². The third-order valence-corrected chi connectivity index (χ3v) is 4.95. The van der Waals surface area contributed by atoms with Crippen LogP contribution in [-0.4, -0.2) is 33.9 Å². The zero-order valence-corrected chi connectivity index (χ0v) is 16.8. The fourth-order valence-electron chi connectivity index (χ4n) is 3.38. The van der Waals surface area contributed by atoms with E-state index in [4.69, 9.17) is 19.7 Å². The number of nitriles is 1. The van der Waals surface area contributed by atoms with Crippen molar-refractivity contribution in [1.29, 1.82) is 5.26 Å². The van der Waals surface area contributed by atoms with Crippen molar-refractivity contribution >= 4 is 11.0 Å². The summed E-state index contributed by atoms with van der Waals surface area (Å²) in [5.74, 6) is 1.85. The average molecular weight is 400 g/mol. The summed E-state index contributed by atoms with van der Waals surface area (Å²) >= 11 is 0. The molecule has 0 aliphatic rings. The first-order chi connectivity index (χ1) is 14.5. The number of aliphatic hydroxyl groups is 1. The van der Waals surface area contributed by atoms with Gasteiger partial charge >= 0.3 is 0 Å². The molecule has 2 aromatic carbocycles. The minimum atomic E-state index is -0.693. The summed E-state index contributed by atoms with van der Waals surface area (Å²) in [7, 11) is 3.17. The van der Waals surface area contributed by atoms with Crippen molar-refractivity contribution in [3.63, 3.8) is 0 Å². The lowest BCUT2D eigenvalue weighted by Crippen LogP contribution is -2.03. The summed E-state index contributed by atoms with van der Waals surface area (Å²) < 4.78 is 12.6. The summed E-state index contributed by atoms with van der Waals surface area (Å²) in [6, 6.07) is 16.6. The molecule has 0 amide bonds. The number of hydrogen-bond acceptors (Lipinski definition) is 6. The quantitative estimate of drug-likeness (QED) is 0.544. The summed E-state index contributed by atoms with van der Waals surface area (Å²) in [6.07, 6.45) is 0.998. The van der Waals surface area contributed by atoms with Crippen molar-refractivity contribution in [3.05, 3.63) is 66.0 Å². The molecule has 1 atom stereocenters. The topological polar surface area (TPSA) is 93.2 Å². The number of aromatic nitrogens is 3. The highest BCUT2D eigenvalue weighted by Crippen LogP contribution is 2.33. The van der Waals surface area contributed by atoms with Crippen LogP contribution in [0.4, 0.5) is 0 Å². The Morgan fingerprint density at radius 2 is 1.73 bits per heavy atom. The molecular weight excluding hydrogens is 380 g/mol. The van der Waals surface area contributed by atoms with Gasteiger partial charge in [-0.05, 0) is 25.1 Å². The Bertz CT molecular complexity index is 1250. The summed E-state index contributed by atoms with van der Waals surface area (Å²) in [5.41, 5.74) is 4.29. The van der Waals surface area contributed by atoms with Gasteiger partial charge in [-0.2, -0.15) is 5.26 Å². The molecule has 4 rings (SSSR count). The van der Waals surface area contributed by atoms with E-state index in [2.05, 4.69) is 11.1 Å². The largest absolute Gasteiger partial charge is 0.493 e. The number of fused-ring (bicyclic) bond motifs is 1. The van der Waals surface area contributed by atoms with Crippen molar-refractivity contribution in [2.45, 2.75) is 13.0 Å². The molecule has 0 saturated heterocycles. The van der Waals surface area contributed by atoms with E-state index < -0.39 is 6.10 Å². The lowest BCUT2D eigenvalue weighted by Gasteiger charge is -2.14. The fourth-order valence-corrected chi connectivity index (χ4v) is 3.38. The number of imidazole rings is 1. The molecule has 1 N–H and O–H groups in total. The highest BCUT2D eigenvalue weighted by Gasteiger charge is 2.16. The van der Waals surface area contributed by atoms with Crippen molar-refractivity contribution in [1.82, 2.24) is 14.5 Å². The number of benzene rings is 2. The molecule has 0 aliphatic heterocycles. The number of pyridine rings is 1. The van der Waals surface area contributed by atoms with Gasteiger partial charge in [0.15, 0.2) is 11.5 Å². The molecule has 0 aliphatic carbocycles. The normalized spacial score (nSPS) is 11.8. The zero-order valence-electron chi connectivity index (χ0n) is 16.8. The standard InChI is InChI=1S/C23H20N4O3/c1-14(28)17-8-9-22(26-23(17)16-6-4-15(12-24)5-7-16)27-13-25-18-10-20(29-2)21(30-3)11-19(18)27/h4-11,13-14,28H,1-3H3/t14-/m0/s1. The summed E-state index contributed by atoms with van der Waals surface area (Å²) in [6.45, 7) is 1.70. The van der Waals surface area contributed by atoms with Crippen LogP contribution in [0.1, 0.15) is 24.2 Å². The molecule has 30 heavy (non-hydrogen) atoms. The molecule has 7 heteroatoms. The van der Waals surface area contributed by atoms with E-state index in [1.165, 1.54) is 0 Å². The maximum Gasteiger partial charge on any atom is 0.163 e. The highest BCUT2D eigenvalue weighted by molar-refractivity contribution is 5.81.